The Kier molecular flexibility index (Phi) is 4.20. The van der Waals surface area contributed by atoms with Crippen LogP contribution in [-0.4, -0.2) is 17.9 Å². The average Bonchev–Trinajstić information content (AvgIpc) is 2.73. The lowest BCUT2D eigenvalue weighted by Gasteiger charge is -2.11. The largest absolute Gasteiger partial charge is 0.497 e. The molecular formula is C23H17NO2. The standard InChI is InChI=1S/C23H17NO2/c1-26-18-11-7-10-17(14-18)23(25)22-20-13-6-5-12-19(20)21(15-24-22)16-8-3-2-4-9-16/h2-15H,1H3. The number of carbonyl (C=O) groups excluding carboxylic acids is 1. The third-order valence-electron chi connectivity index (χ3n) is 4.43. The molecule has 0 radical (unpaired) electrons. The van der Waals surface area contributed by atoms with Gasteiger partial charge in [0.05, 0.1) is 7.11 Å². The van der Waals surface area contributed by atoms with Gasteiger partial charge in [-0.2, -0.15) is 0 Å². The van der Waals surface area contributed by atoms with E-state index in [1.807, 2.05) is 66.7 Å². The highest BCUT2D eigenvalue weighted by Gasteiger charge is 2.17. The first-order valence-corrected chi connectivity index (χ1v) is 8.40. The lowest BCUT2D eigenvalue weighted by atomic mass is 9.96. The molecule has 0 atom stereocenters. The molecule has 0 aliphatic rings. The molecule has 0 spiro atoms. The van der Waals surface area contributed by atoms with Crippen LogP contribution in [0.3, 0.4) is 0 Å². The first kappa shape index (κ1) is 16.0. The molecule has 0 unspecified atom stereocenters. The van der Waals surface area contributed by atoms with Gasteiger partial charge in [-0.15, -0.1) is 0 Å². The number of pyridine rings is 1. The Labute approximate surface area is 151 Å². The van der Waals surface area contributed by atoms with Crippen molar-refractivity contribution < 1.29 is 9.53 Å². The predicted octanol–water partition coefficient (Wildman–Crippen LogP) is 5.14. The number of ether oxygens (including phenoxy) is 1. The van der Waals surface area contributed by atoms with Gasteiger partial charge in [-0.1, -0.05) is 66.7 Å². The van der Waals surface area contributed by atoms with Crippen molar-refractivity contribution in [2.24, 2.45) is 0 Å². The smallest absolute Gasteiger partial charge is 0.212 e. The summed E-state index contributed by atoms with van der Waals surface area (Å²) >= 11 is 0. The number of methoxy groups -OCH3 is 1. The monoisotopic (exact) mass is 339 g/mol. The van der Waals surface area contributed by atoms with E-state index in [2.05, 4.69) is 4.98 Å². The number of fused-ring (bicyclic) bond motifs is 1. The Bertz CT molecular complexity index is 1090. The van der Waals surface area contributed by atoms with E-state index in [1.165, 1.54) is 0 Å². The molecule has 126 valence electrons. The molecule has 3 heteroatoms. The molecule has 0 saturated carbocycles. The minimum atomic E-state index is -0.111. The molecule has 4 aromatic rings. The summed E-state index contributed by atoms with van der Waals surface area (Å²) in [6, 6.07) is 25.1. The summed E-state index contributed by atoms with van der Waals surface area (Å²) in [5.74, 6) is 0.542. The van der Waals surface area contributed by atoms with Crippen LogP contribution in [-0.2, 0) is 0 Å². The molecule has 0 N–H and O–H groups in total. The van der Waals surface area contributed by atoms with Crippen LogP contribution < -0.4 is 4.74 Å². The lowest BCUT2D eigenvalue weighted by Crippen LogP contribution is -2.06. The number of hydrogen-bond acceptors (Lipinski definition) is 3. The SMILES string of the molecule is COc1cccc(C(=O)c2ncc(-c3ccccc3)c3ccccc23)c1. The van der Waals surface area contributed by atoms with Crippen molar-refractivity contribution in [3.05, 3.63) is 96.3 Å². The topological polar surface area (TPSA) is 39.2 Å². The number of rotatable bonds is 4. The fourth-order valence-electron chi connectivity index (χ4n) is 3.12. The van der Waals surface area contributed by atoms with Crippen LogP contribution in [0.1, 0.15) is 16.1 Å². The Balaban J connectivity index is 1.88. The van der Waals surface area contributed by atoms with E-state index in [9.17, 15) is 4.79 Å². The molecular weight excluding hydrogens is 322 g/mol. The number of aromatic nitrogens is 1. The van der Waals surface area contributed by atoms with Crippen molar-refractivity contribution in [2.45, 2.75) is 0 Å². The van der Waals surface area contributed by atoms with Crippen molar-refractivity contribution in [1.29, 1.82) is 0 Å². The summed E-state index contributed by atoms with van der Waals surface area (Å²) in [4.78, 5) is 17.6. The van der Waals surface area contributed by atoms with Crippen LogP contribution in [0.5, 0.6) is 5.75 Å². The fourth-order valence-corrected chi connectivity index (χ4v) is 3.12. The summed E-state index contributed by atoms with van der Waals surface area (Å²) < 4.78 is 5.23. The molecule has 1 heterocycles. The molecule has 0 saturated heterocycles. The number of carbonyl (C=O) groups is 1. The van der Waals surface area contributed by atoms with E-state index in [0.29, 0.717) is 17.0 Å². The van der Waals surface area contributed by atoms with E-state index in [-0.39, 0.29) is 5.78 Å². The maximum Gasteiger partial charge on any atom is 0.212 e. The molecule has 26 heavy (non-hydrogen) atoms. The molecule has 1 aromatic heterocycles. The summed E-state index contributed by atoms with van der Waals surface area (Å²) in [7, 11) is 1.59. The number of benzene rings is 3. The Hall–Kier alpha value is -3.46. The van der Waals surface area contributed by atoms with Gasteiger partial charge in [0, 0.05) is 22.7 Å². The second kappa shape index (κ2) is 6.81. The van der Waals surface area contributed by atoms with Gasteiger partial charge in [-0.05, 0) is 23.1 Å². The molecule has 0 bridgehead atoms. The van der Waals surface area contributed by atoms with Crippen LogP contribution >= 0.6 is 0 Å². The quantitative estimate of drug-likeness (QED) is 0.483. The first-order chi connectivity index (χ1) is 12.8. The summed E-state index contributed by atoms with van der Waals surface area (Å²) in [6.45, 7) is 0. The minimum Gasteiger partial charge on any atom is -0.497 e. The van der Waals surface area contributed by atoms with E-state index in [1.54, 1.807) is 25.4 Å². The van der Waals surface area contributed by atoms with Gasteiger partial charge in [0.15, 0.2) is 0 Å². The van der Waals surface area contributed by atoms with Crippen molar-refractivity contribution >= 4 is 16.6 Å². The van der Waals surface area contributed by atoms with Gasteiger partial charge in [0.2, 0.25) is 5.78 Å². The molecule has 4 rings (SSSR count). The second-order valence-corrected chi connectivity index (χ2v) is 5.99. The highest BCUT2D eigenvalue weighted by molar-refractivity contribution is 6.16. The van der Waals surface area contributed by atoms with Crippen molar-refractivity contribution in [1.82, 2.24) is 4.98 Å². The number of ketones is 1. The zero-order chi connectivity index (χ0) is 17.9. The summed E-state index contributed by atoms with van der Waals surface area (Å²) in [5.41, 5.74) is 3.11. The van der Waals surface area contributed by atoms with E-state index in [0.717, 1.165) is 21.9 Å². The van der Waals surface area contributed by atoms with Crippen molar-refractivity contribution in [3.8, 4) is 16.9 Å². The summed E-state index contributed by atoms with van der Waals surface area (Å²) in [5, 5.41) is 1.86. The zero-order valence-electron chi connectivity index (χ0n) is 14.3. The number of hydrogen-bond donors (Lipinski definition) is 0. The normalized spacial score (nSPS) is 10.7. The Morgan fingerprint density at radius 1 is 0.846 bits per heavy atom. The molecule has 0 aliphatic heterocycles. The van der Waals surface area contributed by atoms with Gasteiger partial charge >= 0.3 is 0 Å². The maximum absolute atomic E-state index is 13.1. The number of nitrogens with zero attached hydrogens (tertiary/aromatic N) is 1. The molecule has 3 aromatic carbocycles. The van der Waals surface area contributed by atoms with Crippen molar-refractivity contribution in [3.63, 3.8) is 0 Å². The third kappa shape index (κ3) is 2.84. The molecule has 0 amide bonds. The predicted molar refractivity (Wildman–Crippen MR) is 104 cm³/mol. The van der Waals surface area contributed by atoms with Crippen LogP contribution in [0.2, 0.25) is 0 Å². The highest BCUT2D eigenvalue weighted by atomic mass is 16.5. The third-order valence-corrected chi connectivity index (χ3v) is 4.43. The van der Waals surface area contributed by atoms with Gasteiger partial charge in [0.25, 0.3) is 0 Å². The zero-order valence-corrected chi connectivity index (χ0v) is 14.3. The average molecular weight is 339 g/mol. The van der Waals surface area contributed by atoms with Crippen LogP contribution in [0.25, 0.3) is 21.9 Å². The van der Waals surface area contributed by atoms with Gasteiger partial charge in [-0.3, -0.25) is 9.78 Å². The second-order valence-electron chi connectivity index (χ2n) is 5.99. The first-order valence-electron chi connectivity index (χ1n) is 8.40. The van der Waals surface area contributed by atoms with E-state index >= 15 is 0 Å². The van der Waals surface area contributed by atoms with Crippen LogP contribution in [0.15, 0.2) is 85.1 Å². The fraction of sp³-hybridized carbons (Fsp3) is 0.0435. The summed E-state index contributed by atoms with van der Waals surface area (Å²) in [6.07, 6.45) is 1.78. The Morgan fingerprint density at radius 2 is 1.58 bits per heavy atom. The van der Waals surface area contributed by atoms with Gasteiger partial charge in [-0.25, -0.2) is 0 Å². The molecule has 3 nitrogen and oxygen atoms in total. The van der Waals surface area contributed by atoms with Crippen molar-refractivity contribution in [2.75, 3.05) is 7.11 Å². The van der Waals surface area contributed by atoms with E-state index in [4.69, 9.17) is 4.74 Å². The minimum absolute atomic E-state index is 0.111. The van der Waals surface area contributed by atoms with E-state index < -0.39 is 0 Å². The van der Waals surface area contributed by atoms with Crippen LogP contribution in [0, 0.1) is 0 Å². The Morgan fingerprint density at radius 3 is 2.35 bits per heavy atom. The molecule has 0 aliphatic carbocycles. The maximum atomic E-state index is 13.1. The van der Waals surface area contributed by atoms with Gasteiger partial charge < -0.3 is 4.74 Å². The molecule has 0 fully saturated rings. The lowest BCUT2D eigenvalue weighted by molar-refractivity contribution is 0.103. The van der Waals surface area contributed by atoms with Crippen LogP contribution in [0.4, 0.5) is 0 Å². The van der Waals surface area contributed by atoms with Gasteiger partial charge in [0.1, 0.15) is 11.4 Å². The highest BCUT2D eigenvalue weighted by Crippen LogP contribution is 2.30.